The number of carbonyl (C=O) groups excluding carboxylic acids is 2. The Morgan fingerprint density at radius 3 is 2.56 bits per heavy atom. The first kappa shape index (κ1) is 23.4. The average Bonchev–Trinajstić information content (AvgIpc) is 3.12. The summed E-state index contributed by atoms with van der Waals surface area (Å²) in [4.78, 5) is 43.3. The SMILES string of the molecule is CCOC(=O)C1=C(C)N=c2sc(=Cc3ccc(C(C)=O)c(OC)c3)c(=O)n2C1c1ccccc1. The van der Waals surface area contributed by atoms with E-state index >= 15 is 0 Å². The van der Waals surface area contributed by atoms with Crippen molar-refractivity contribution in [2.75, 3.05) is 13.7 Å². The minimum absolute atomic E-state index is 0.104. The van der Waals surface area contributed by atoms with E-state index in [0.717, 1.165) is 5.56 Å². The monoisotopic (exact) mass is 476 g/mol. The van der Waals surface area contributed by atoms with Crippen LogP contribution in [0.4, 0.5) is 0 Å². The Kier molecular flexibility index (Phi) is 6.61. The fraction of sp³-hybridized carbons (Fsp3) is 0.231. The molecular weight excluding hydrogens is 452 g/mol. The predicted octanol–water partition coefficient (Wildman–Crippen LogP) is 3.01. The number of ether oxygens (including phenoxy) is 2. The number of hydrogen-bond donors (Lipinski definition) is 0. The van der Waals surface area contributed by atoms with Crippen LogP contribution < -0.4 is 19.6 Å². The molecule has 8 heteroatoms. The summed E-state index contributed by atoms with van der Waals surface area (Å²) < 4.78 is 12.7. The van der Waals surface area contributed by atoms with E-state index in [9.17, 15) is 14.4 Å². The van der Waals surface area contributed by atoms with Crippen LogP contribution in [0.2, 0.25) is 0 Å². The number of carbonyl (C=O) groups is 2. The van der Waals surface area contributed by atoms with Gasteiger partial charge in [0.15, 0.2) is 10.6 Å². The summed E-state index contributed by atoms with van der Waals surface area (Å²) in [5.41, 5.74) is 2.58. The molecule has 0 saturated carbocycles. The van der Waals surface area contributed by atoms with Gasteiger partial charge in [-0.1, -0.05) is 47.7 Å². The van der Waals surface area contributed by atoms with Crippen molar-refractivity contribution in [1.29, 1.82) is 0 Å². The molecule has 1 unspecified atom stereocenters. The van der Waals surface area contributed by atoms with Gasteiger partial charge < -0.3 is 9.47 Å². The lowest BCUT2D eigenvalue weighted by Gasteiger charge is -2.24. The van der Waals surface area contributed by atoms with Crippen molar-refractivity contribution in [3.63, 3.8) is 0 Å². The molecule has 0 amide bonds. The number of fused-ring (bicyclic) bond motifs is 1. The van der Waals surface area contributed by atoms with Crippen molar-refractivity contribution in [3.8, 4) is 5.75 Å². The van der Waals surface area contributed by atoms with Gasteiger partial charge in [0.05, 0.1) is 41.1 Å². The fourth-order valence-corrected chi connectivity index (χ4v) is 5.03. The van der Waals surface area contributed by atoms with Crippen molar-refractivity contribution in [2.24, 2.45) is 4.99 Å². The van der Waals surface area contributed by atoms with Crippen LogP contribution in [-0.2, 0) is 9.53 Å². The summed E-state index contributed by atoms with van der Waals surface area (Å²) in [6.45, 7) is 5.19. The largest absolute Gasteiger partial charge is 0.496 e. The van der Waals surface area contributed by atoms with Crippen LogP contribution in [-0.4, -0.2) is 30.0 Å². The standard InChI is InChI=1S/C26H24N2O5S/c1-5-33-25(31)22-15(2)27-26-28(23(22)18-9-7-6-8-10-18)24(30)21(34-26)14-17-11-12-19(16(3)29)20(13-17)32-4/h6-14,23H,5H2,1-4H3. The van der Waals surface area contributed by atoms with Gasteiger partial charge in [0.2, 0.25) is 0 Å². The second-order valence-corrected chi connectivity index (χ2v) is 8.74. The summed E-state index contributed by atoms with van der Waals surface area (Å²) in [7, 11) is 1.50. The number of esters is 1. The third kappa shape index (κ3) is 4.24. The lowest BCUT2D eigenvalue weighted by molar-refractivity contribution is -0.139. The summed E-state index contributed by atoms with van der Waals surface area (Å²) in [5.74, 6) is -0.152. The highest BCUT2D eigenvalue weighted by atomic mass is 32.1. The molecule has 1 aromatic heterocycles. The number of methoxy groups -OCH3 is 1. The molecule has 0 saturated heterocycles. The first-order valence-corrected chi connectivity index (χ1v) is 11.6. The molecule has 7 nitrogen and oxygen atoms in total. The Balaban J connectivity index is 1.92. The van der Waals surface area contributed by atoms with Gasteiger partial charge in [-0.25, -0.2) is 9.79 Å². The number of allylic oxidation sites excluding steroid dienone is 1. The van der Waals surface area contributed by atoms with Gasteiger partial charge in [-0.3, -0.25) is 14.2 Å². The fourth-order valence-electron chi connectivity index (χ4n) is 3.98. The lowest BCUT2D eigenvalue weighted by Crippen LogP contribution is -2.39. The maximum absolute atomic E-state index is 13.6. The van der Waals surface area contributed by atoms with Gasteiger partial charge in [-0.05, 0) is 50.1 Å². The average molecular weight is 477 g/mol. The molecule has 1 aliphatic rings. The van der Waals surface area contributed by atoms with Crippen LogP contribution in [0.15, 0.2) is 69.6 Å². The molecule has 0 radical (unpaired) electrons. The highest BCUT2D eigenvalue weighted by Crippen LogP contribution is 2.30. The van der Waals surface area contributed by atoms with E-state index in [1.165, 1.54) is 25.4 Å². The third-order valence-corrected chi connectivity index (χ3v) is 6.52. The first-order chi connectivity index (χ1) is 16.3. The van der Waals surface area contributed by atoms with Crippen molar-refractivity contribution in [1.82, 2.24) is 4.57 Å². The van der Waals surface area contributed by atoms with Crippen LogP contribution in [0.3, 0.4) is 0 Å². The number of thiazole rings is 1. The molecule has 0 aliphatic carbocycles. The number of benzene rings is 2. The van der Waals surface area contributed by atoms with Gasteiger partial charge in [-0.15, -0.1) is 0 Å². The summed E-state index contributed by atoms with van der Waals surface area (Å²) >= 11 is 1.24. The van der Waals surface area contributed by atoms with Gasteiger partial charge in [0.25, 0.3) is 5.56 Å². The molecule has 1 atom stereocenters. The predicted molar refractivity (Wildman–Crippen MR) is 130 cm³/mol. The zero-order chi connectivity index (χ0) is 24.4. The smallest absolute Gasteiger partial charge is 0.338 e. The van der Waals surface area contributed by atoms with E-state index < -0.39 is 12.0 Å². The van der Waals surface area contributed by atoms with E-state index in [2.05, 4.69) is 4.99 Å². The van der Waals surface area contributed by atoms with E-state index in [0.29, 0.717) is 37.5 Å². The van der Waals surface area contributed by atoms with Crippen molar-refractivity contribution < 1.29 is 19.1 Å². The second-order valence-electron chi connectivity index (χ2n) is 7.73. The maximum Gasteiger partial charge on any atom is 0.338 e. The summed E-state index contributed by atoms with van der Waals surface area (Å²) in [5, 5.41) is 0. The topological polar surface area (TPSA) is 87.0 Å². The maximum atomic E-state index is 13.6. The number of aromatic nitrogens is 1. The number of rotatable bonds is 6. The summed E-state index contributed by atoms with van der Waals surface area (Å²) in [6.07, 6.45) is 1.74. The molecule has 34 heavy (non-hydrogen) atoms. The van der Waals surface area contributed by atoms with Crippen LogP contribution in [0.25, 0.3) is 6.08 Å². The quantitative estimate of drug-likeness (QED) is 0.403. The van der Waals surface area contributed by atoms with Crippen LogP contribution in [0.5, 0.6) is 5.75 Å². The normalized spacial score (nSPS) is 15.5. The first-order valence-electron chi connectivity index (χ1n) is 10.8. The minimum Gasteiger partial charge on any atom is -0.496 e. The highest BCUT2D eigenvalue weighted by molar-refractivity contribution is 7.07. The number of nitrogens with zero attached hydrogens (tertiary/aromatic N) is 2. The van der Waals surface area contributed by atoms with E-state index in [4.69, 9.17) is 9.47 Å². The molecule has 0 spiro atoms. The van der Waals surface area contributed by atoms with E-state index in [1.54, 1.807) is 42.7 Å². The second kappa shape index (κ2) is 9.61. The zero-order valence-electron chi connectivity index (χ0n) is 19.3. The third-order valence-electron chi connectivity index (χ3n) is 5.53. The minimum atomic E-state index is -0.645. The molecule has 0 N–H and O–H groups in total. The number of ketones is 1. The van der Waals surface area contributed by atoms with Crippen molar-refractivity contribution in [2.45, 2.75) is 26.8 Å². The Bertz CT molecular complexity index is 1480. The molecule has 0 bridgehead atoms. The van der Waals surface area contributed by atoms with Gasteiger partial charge in [-0.2, -0.15) is 0 Å². The molecule has 4 rings (SSSR count). The summed E-state index contributed by atoms with van der Waals surface area (Å²) in [6, 6.07) is 13.9. The molecule has 2 aromatic carbocycles. The Hall–Kier alpha value is -3.78. The van der Waals surface area contributed by atoms with E-state index in [1.807, 2.05) is 30.3 Å². The van der Waals surface area contributed by atoms with Crippen molar-refractivity contribution >= 4 is 29.2 Å². The van der Waals surface area contributed by atoms with Gasteiger partial charge in [0, 0.05) is 0 Å². The van der Waals surface area contributed by atoms with Crippen molar-refractivity contribution in [3.05, 3.63) is 96.2 Å². The number of Topliss-reactive ketones (excluding diaryl/α,β-unsaturated/α-hetero) is 1. The lowest BCUT2D eigenvalue weighted by atomic mass is 9.96. The number of hydrogen-bond acceptors (Lipinski definition) is 7. The zero-order valence-corrected chi connectivity index (χ0v) is 20.1. The van der Waals surface area contributed by atoms with E-state index in [-0.39, 0.29) is 17.9 Å². The Morgan fingerprint density at radius 2 is 1.91 bits per heavy atom. The Labute approximate surface area is 200 Å². The highest BCUT2D eigenvalue weighted by Gasteiger charge is 2.33. The molecule has 2 heterocycles. The molecule has 0 fully saturated rings. The van der Waals surface area contributed by atoms with Gasteiger partial charge in [0.1, 0.15) is 5.75 Å². The molecule has 1 aliphatic heterocycles. The van der Waals surface area contributed by atoms with Gasteiger partial charge >= 0.3 is 5.97 Å². The van der Waals surface area contributed by atoms with Crippen LogP contribution in [0.1, 0.15) is 48.3 Å². The molecule has 3 aromatic rings. The molecule has 174 valence electrons. The molecular formula is C26H24N2O5S. The van der Waals surface area contributed by atoms with Crippen LogP contribution in [0, 0.1) is 0 Å². The Morgan fingerprint density at radius 1 is 1.18 bits per heavy atom. The van der Waals surface area contributed by atoms with Crippen LogP contribution >= 0.6 is 11.3 Å².